The van der Waals surface area contributed by atoms with Crippen molar-refractivity contribution in [1.29, 1.82) is 0 Å². The molecule has 0 radical (unpaired) electrons. The first-order chi connectivity index (χ1) is 6.37. The third kappa shape index (κ3) is 2.96. The topological polar surface area (TPSA) is 49.8 Å². The Bertz CT molecular complexity index is 192. The van der Waals surface area contributed by atoms with Gasteiger partial charge in [-0.15, -0.1) is 0 Å². The third-order valence-corrected chi connectivity index (χ3v) is 2.52. The Balaban J connectivity index is 4.61. The van der Waals surface area contributed by atoms with Gasteiger partial charge in [0.15, 0.2) is 0 Å². The summed E-state index contributed by atoms with van der Waals surface area (Å²) in [5.41, 5.74) is -0.841. The Kier molecular flexibility index (Phi) is 5.08. The number of aliphatic carboxylic acids is 1. The lowest BCUT2D eigenvalue weighted by atomic mass is 10.0. The van der Waals surface area contributed by atoms with E-state index in [0.717, 1.165) is 0 Å². The fourth-order valence-corrected chi connectivity index (χ4v) is 1.71. The van der Waals surface area contributed by atoms with E-state index in [9.17, 15) is 4.79 Å². The van der Waals surface area contributed by atoms with Crippen LogP contribution in [0.2, 0.25) is 0 Å². The Morgan fingerprint density at radius 1 is 1.57 bits per heavy atom. The predicted octanol–water partition coefficient (Wildman–Crippen LogP) is 1.21. The number of ether oxygens (including phenoxy) is 1. The summed E-state index contributed by atoms with van der Waals surface area (Å²) in [5, 5.41) is 9.08. The molecule has 0 aromatic rings. The molecule has 0 aliphatic rings. The van der Waals surface area contributed by atoms with Crippen molar-refractivity contribution in [2.24, 2.45) is 0 Å². The predicted molar refractivity (Wildman–Crippen MR) is 55.4 cm³/mol. The Morgan fingerprint density at radius 2 is 2.07 bits per heavy atom. The Morgan fingerprint density at radius 3 is 2.36 bits per heavy atom. The van der Waals surface area contributed by atoms with Crippen LogP contribution in [0.15, 0.2) is 0 Å². The van der Waals surface area contributed by atoms with Crippen molar-refractivity contribution < 1.29 is 14.6 Å². The summed E-state index contributed by atoms with van der Waals surface area (Å²) in [6, 6.07) is 0.107. The number of rotatable bonds is 6. The van der Waals surface area contributed by atoms with Crippen LogP contribution in [0.25, 0.3) is 0 Å². The van der Waals surface area contributed by atoms with E-state index in [-0.39, 0.29) is 6.04 Å². The quantitative estimate of drug-likeness (QED) is 0.705. The smallest absolute Gasteiger partial charge is 0.323 e. The maximum absolute atomic E-state index is 11.0. The summed E-state index contributed by atoms with van der Waals surface area (Å²) in [5.74, 6) is -0.803. The highest BCUT2D eigenvalue weighted by Crippen LogP contribution is 2.17. The third-order valence-electron chi connectivity index (χ3n) is 2.52. The van der Waals surface area contributed by atoms with E-state index in [4.69, 9.17) is 9.84 Å². The van der Waals surface area contributed by atoms with E-state index >= 15 is 0 Å². The second kappa shape index (κ2) is 5.32. The highest BCUT2D eigenvalue weighted by atomic mass is 16.5. The molecule has 1 atom stereocenters. The Labute approximate surface area is 85.9 Å². The van der Waals surface area contributed by atoms with Crippen molar-refractivity contribution in [3.05, 3.63) is 0 Å². The molecule has 14 heavy (non-hydrogen) atoms. The molecule has 0 aliphatic heterocycles. The average molecular weight is 203 g/mol. The van der Waals surface area contributed by atoms with Gasteiger partial charge >= 0.3 is 5.97 Å². The molecule has 0 heterocycles. The molecular formula is C10H21NO3. The zero-order chi connectivity index (χ0) is 11.4. The first-order valence-electron chi connectivity index (χ1n) is 4.87. The zero-order valence-corrected chi connectivity index (χ0v) is 9.70. The first kappa shape index (κ1) is 13.4. The van der Waals surface area contributed by atoms with Crippen molar-refractivity contribution in [3.8, 4) is 0 Å². The van der Waals surface area contributed by atoms with E-state index in [1.165, 1.54) is 0 Å². The average Bonchev–Trinajstić information content (AvgIpc) is 2.04. The highest BCUT2D eigenvalue weighted by molar-refractivity contribution is 5.77. The lowest BCUT2D eigenvalue weighted by molar-refractivity contribution is -0.151. The number of hydrogen-bond acceptors (Lipinski definition) is 3. The maximum Gasteiger partial charge on any atom is 0.323 e. The summed E-state index contributed by atoms with van der Waals surface area (Å²) in [4.78, 5) is 13.0. The minimum absolute atomic E-state index is 0.107. The van der Waals surface area contributed by atoms with Gasteiger partial charge in [0.2, 0.25) is 0 Å². The molecule has 0 saturated carbocycles. The fourth-order valence-electron chi connectivity index (χ4n) is 1.71. The van der Waals surface area contributed by atoms with Gasteiger partial charge in [-0.3, -0.25) is 9.69 Å². The lowest BCUT2D eigenvalue weighted by Crippen LogP contribution is -2.54. The summed E-state index contributed by atoms with van der Waals surface area (Å²) in [6.07, 6.45) is 0. The van der Waals surface area contributed by atoms with E-state index in [1.807, 2.05) is 18.7 Å². The van der Waals surface area contributed by atoms with Gasteiger partial charge in [0.1, 0.15) is 5.54 Å². The van der Waals surface area contributed by atoms with Gasteiger partial charge < -0.3 is 9.84 Å². The molecule has 0 amide bonds. The molecule has 0 spiro atoms. The van der Waals surface area contributed by atoms with Crippen molar-refractivity contribution in [1.82, 2.24) is 4.90 Å². The van der Waals surface area contributed by atoms with Gasteiger partial charge in [-0.25, -0.2) is 0 Å². The van der Waals surface area contributed by atoms with Gasteiger partial charge in [-0.1, -0.05) is 6.92 Å². The van der Waals surface area contributed by atoms with Crippen LogP contribution in [0.3, 0.4) is 0 Å². The number of carboxylic acids is 1. The molecule has 0 fully saturated rings. The largest absolute Gasteiger partial charge is 0.480 e. The molecule has 0 bridgehead atoms. The zero-order valence-electron chi connectivity index (χ0n) is 9.70. The molecular weight excluding hydrogens is 182 g/mol. The van der Waals surface area contributed by atoms with Crippen LogP contribution >= 0.6 is 0 Å². The second-order valence-corrected chi connectivity index (χ2v) is 3.95. The van der Waals surface area contributed by atoms with Gasteiger partial charge in [-0.05, 0) is 27.3 Å². The number of carboxylic acid groups (broad SMARTS) is 1. The van der Waals surface area contributed by atoms with Crippen LogP contribution < -0.4 is 0 Å². The van der Waals surface area contributed by atoms with Crippen molar-refractivity contribution >= 4 is 5.97 Å². The number of likely N-dealkylation sites (N-methyl/N-ethyl adjacent to an activating group) is 1. The van der Waals surface area contributed by atoms with Crippen LogP contribution in [0.1, 0.15) is 27.7 Å². The molecule has 1 unspecified atom stereocenters. The van der Waals surface area contributed by atoms with Crippen LogP contribution in [0.5, 0.6) is 0 Å². The standard InChI is InChI=1S/C10H21NO3/c1-6-11(8(2)7-14-5)10(3,4)9(12)13/h8H,6-7H2,1-5H3,(H,12,13). The summed E-state index contributed by atoms with van der Waals surface area (Å²) >= 11 is 0. The van der Waals surface area contributed by atoms with Crippen molar-refractivity contribution in [2.45, 2.75) is 39.3 Å². The molecule has 4 heteroatoms. The van der Waals surface area contributed by atoms with Gasteiger partial charge in [0.25, 0.3) is 0 Å². The normalized spacial score (nSPS) is 14.4. The minimum Gasteiger partial charge on any atom is -0.480 e. The van der Waals surface area contributed by atoms with E-state index in [0.29, 0.717) is 13.2 Å². The van der Waals surface area contributed by atoms with Crippen LogP contribution in [0, 0.1) is 0 Å². The van der Waals surface area contributed by atoms with E-state index in [1.54, 1.807) is 21.0 Å². The molecule has 0 aliphatic carbocycles. The number of nitrogens with zero attached hydrogens (tertiary/aromatic N) is 1. The SMILES string of the molecule is CCN(C(C)COC)C(C)(C)C(=O)O. The lowest BCUT2D eigenvalue weighted by Gasteiger charge is -2.38. The summed E-state index contributed by atoms with van der Waals surface area (Å²) in [6.45, 7) is 8.60. The second-order valence-electron chi connectivity index (χ2n) is 3.95. The summed E-state index contributed by atoms with van der Waals surface area (Å²) < 4.78 is 5.03. The minimum atomic E-state index is -0.841. The number of methoxy groups -OCH3 is 1. The highest BCUT2D eigenvalue weighted by Gasteiger charge is 2.36. The monoisotopic (exact) mass is 203 g/mol. The first-order valence-corrected chi connectivity index (χ1v) is 4.87. The van der Waals surface area contributed by atoms with Crippen molar-refractivity contribution in [3.63, 3.8) is 0 Å². The number of carbonyl (C=O) groups is 1. The van der Waals surface area contributed by atoms with Crippen LogP contribution in [-0.4, -0.2) is 47.8 Å². The molecule has 0 rings (SSSR count). The molecule has 1 N–H and O–H groups in total. The molecule has 84 valence electrons. The molecule has 0 saturated heterocycles. The van der Waals surface area contributed by atoms with Gasteiger partial charge in [0, 0.05) is 13.2 Å². The number of hydrogen-bond donors (Lipinski definition) is 1. The van der Waals surface area contributed by atoms with Gasteiger partial charge in [-0.2, -0.15) is 0 Å². The van der Waals surface area contributed by atoms with E-state index < -0.39 is 11.5 Å². The summed E-state index contributed by atoms with van der Waals surface area (Å²) in [7, 11) is 1.62. The van der Waals surface area contributed by atoms with Crippen molar-refractivity contribution in [2.75, 3.05) is 20.3 Å². The van der Waals surface area contributed by atoms with Crippen LogP contribution in [-0.2, 0) is 9.53 Å². The Hall–Kier alpha value is -0.610. The molecule has 4 nitrogen and oxygen atoms in total. The molecule has 0 aromatic heterocycles. The van der Waals surface area contributed by atoms with Gasteiger partial charge in [0.05, 0.1) is 6.61 Å². The van der Waals surface area contributed by atoms with Crippen LogP contribution in [0.4, 0.5) is 0 Å². The maximum atomic E-state index is 11.0. The fraction of sp³-hybridized carbons (Fsp3) is 0.900. The molecule has 0 aromatic carbocycles. The van der Waals surface area contributed by atoms with E-state index in [2.05, 4.69) is 0 Å².